The number of amides is 1. The van der Waals surface area contributed by atoms with Gasteiger partial charge in [-0.15, -0.1) is 0 Å². The first-order valence-electron chi connectivity index (χ1n) is 10.5. The van der Waals surface area contributed by atoms with Crippen molar-refractivity contribution in [2.75, 3.05) is 49.1 Å². The van der Waals surface area contributed by atoms with Crippen LogP contribution in [0.3, 0.4) is 0 Å². The fraction of sp³-hybridized carbons (Fsp3) is 0.364. The van der Waals surface area contributed by atoms with Gasteiger partial charge in [0.15, 0.2) is 0 Å². The molecule has 1 unspecified atom stereocenters. The maximum absolute atomic E-state index is 15.0. The summed E-state index contributed by atoms with van der Waals surface area (Å²) in [7, 11) is 0. The van der Waals surface area contributed by atoms with Crippen LogP contribution >= 0.6 is 36.0 Å². The van der Waals surface area contributed by atoms with Gasteiger partial charge in [-0.25, -0.2) is 14.2 Å². The molecule has 1 aromatic heterocycles. The van der Waals surface area contributed by atoms with E-state index in [9.17, 15) is 4.79 Å². The molecule has 0 saturated carbocycles. The molecular weight excluding hydrogens is 485 g/mol. The molecule has 1 N–H and O–H groups in total. The van der Waals surface area contributed by atoms with E-state index in [0.717, 1.165) is 5.56 Å². The smallest absolute Gasteiger partial charge is 0.414 e. The Morgan fingerprint density at radius 2 is 2.03 bits per heavy atom. The lowest BCUT2D eigenvalue weighted by Crippen LogP contribution is -2.48. The molecule has 0 aliphatic carbocycles. The van der Waals surface area contributed by atoms with Crippen LogP contribution in [-0.2, 0) is 4.74 Å². The van der Waals surface area contributed by atoms with E-state index >= 15 is 4.39 Å². The van der Waals surface area contributed by atoms with E-state index in [-0.39, 0.29) is 11.9 Å². The summed E-state index contributed by atoms with van der Waals surface area (Å²) in [5.74, 6) is -0.386. The van der Waals surface area contributed by atoms with Crippen molar-refractivity contribution in [2.24, 2.45) is 0 Å². The number of piperazine rings is 1. The lowest BCUT2D eigenvalue weighted by Gasteiger charge is -2.37. The zero-order valence-electron chi connectivity index (χ0n) is 18.0. The molecule has 0 spiro atoms. The first kappa shape index (κ1) is 23.6. The lowest BCUT2D eigenvalue weighted by atomic mass is 10.2. The maximum atomic E-state index is 15.0. The number of hydrogen-bond acceptors (Lipinski definition) is 6. The summed E-state index contributed by atoms with van der Waals surface area (Å²) in [4.78, 5) is 23.1. The number of nitrogens with one attached hydrogen (secondary N) is 1. The van der Waals surface area contributed by atoms with Crippen LogP contribution in [0.15, 0.2) is 36.5 Å². The Labute approximate surface area is 207 Å². The number of anilines is 2. The first-order valence-corrected chi connectivity index (χ1v) is 11.7. The second kappa shape index (κ2) is 10.1. The van der Waals surface area contributed by atoms with Gasteiger partial charge < -0.3 is 19.9 Å². The van der Waals surface area contributed by atoms with Gasteiger partial charge in [0.25, 0.3) is 0 Å². The highest BCUT2D eigenvalue weighted by atomic mass is 35.5. The third kappa shape index (κ3) is 5.34. The van der Waals surface area contributed by atoms with Crippen LogP contribution in [-0.4, -0.2) is 71.3 Å². The van der Waals surface area contributed by atoms with E-state index in [1.54, 1.807) is 31.3 Å². The summed E-state index contributed by atoms with van der Waals surface area (Å²) in [6.07, 6.45) is 0.786. The minimum atomic E-state index is -0.493. The van der Waals surface area contributed by atoms with E-state index in [0.29, 0.717) is 65.8 Å². The van der Waals surface area contributed by atoms with Crippen molar-refractivity contribution in [1.82, 2.24) is 15.2 Å². The van der Waals surface area contributed by atoms with Gasteiger partial charge in [-0.05, 0) is 37.3 Å². The lowest BCUT2D eigenvalue weighted by molar-refractivity contribution is 0.143. The molecule has 0 radical (unpaired) electrons. The van der Waals surface area contributed by atoms with Crippen molar-refractivity contribution in [1.29, 1.82) is 0 Å². The fourth-order valence-corrected chi connectivity index (χ4v) is 4.58. The quantitative estimate of drug-likeness (QED) is 0.486. The minimum Gasteiger partial charge on any atom is -0.442 e. The number of thiocarbonyl (C=S) groups is 2. The van der Waals surface area contributed by atoms with Crippen molar-refractivity contribution in [3.8, 4) is 0 Å². The molecule has 2 aliphatic heterocycles. The third-order valence-electron chi connectivity index (χ3n) is 5.59. The maximum Gasteiger partial charge on any atom is 0.414 e. The summed E-state index contributed by atoms with van der Waals surface area (Å²) in [5.41, 5.74) is 1.68. The second-order valence-electron chi connectivity index (χ2n) is 7.81. The molecule has 2 aromatic rings. The molecule has 1 atom stereocenters. The van der Waals surface area contributed by atoms with Gasteiger partial charge in [0.2, 0.25) is 0 Å². The monoisotopic (exact) mass is 507 g/mol. The number of rotatable bonds is 5. The molecule has 11 heteroatoms. The number of cyclic esters (lactones) is 1. The third-order valence-corrected chi connectivity index (χ3v) is 6.52. The predicted octanol–water partition coefficient (Wildman–Crippen LogP) is 3.63. The van der Waals surface area contributed by atoms with Crippen molar-refractivity contribution < 1.29 is 13.9 Å². The van der Waals surface area contributed by atoms with Gasteiger partial charge in [0, 0.05) is 37.9 Å². The van der Waals surface area contributed by atoms with Gasteiger partial charge in [-0.2, -0.15) is 0 Å². The molecule has 4 rings (SSSR count). The Bertz CT molecular complexity index is 1080. The SMILES string of the molecule is CC(=S)NCC1CN(c2ccc(N3CCN(C(=S)c4cccnc4Cl)CC3)c(F)c2)C(=O)O1. The second-order valence-corrected chi connectivity index (χ2v) is 9.17. The molecule has 3 heterocycles. The average Bonchev–Trinajstić information content (AvgIpc) is 3.18. The van der Waals surface area contributed by atoms with Crippen LogP contribution in [0.2, 0.25) is 5.15 Å². The Balaban J connectivity index is 1.38. The van der Waals surface area contributed by atoms with Crippen LogP contribution in [0.5, 0.6) is 0 Å². The summed E-state index contributed by atoms with van der Waals surface area (Å²) in [5, 5.41) is 3.37. The number of carbonyl (C=O) groups is 1. The van der Waals surface area contributed by atoms with Crippen molar-refractivity contribution in [3.63, 3.8) is 0 Å². The number of hydrogen-bond donors (Lipinski definition) is 1. The number of carbonyl (C=O) groups excluding carboxylic acids is 1. The molecule has 2 saturated heterocycles. The molecule has 2 fully saturated rings. The van der Waals surface area contributed by atoms with Crippen molar-refractivity contribution in [2.45, 2.75) is 13.0 Å². The Morgan fingerprint density at radius 1 is 1.27 bits per heavy atom. The van der Waals surface area contributed by atoms with E-state index in [2.05, 4.69) is 15.2 Å². The van der Waals surface area contributed by atoms with Crippen molar-refractivity contribution >= 4 is 63.5 Å². The molecule has 7 nitrogen and oxygen atoms in total. The normalized spacial score (nSPS) is 18.3. The molecule has 0 bridgehead atoms. The van der Waals surface area contributed by atoms with Gasteiger partial charge in [-0.1, -0.05) is 36.0 Å². The molecule has 2 aliphatic rings. The van der Waals surface area contributed by atoms with Crippen LogP contribution < -0.4 is 15.1 Å². The van der Waals surface area contributed by atoms with Crippen LogP contribution in [0, 0.1) is 5.82 Å². The Kier molecular flexibility index (Phi) is 7.26. The number of pyridine rings is 1. The van der Waals surface area contributed by atoms with Gasteiger partial charge in [-0.3, -0.25) is 4.90 Å². The highest BCUT2D eigenvalue weighted by molar-refractivity contribution is 7.80. The van der Waals surface area contributed by atoms with E-state index in [4.69, 9.17) is 40.8 Å². The van der Waals surface area contributed by atoms with Gasteiger partial charge in [0.05, 0.1) is 29.5 Å². The molecule has 33 heavy (non-hydrogen) atoms. The fourth-order valence-electron chi connectivity index (χ4n) is 3.88. The topological polar surface area (TPSA) is 60.9 Å². The van der Waals surface area contributed by atoms with Gasteiger partial charge in [0.1, 0.15) is 22.1 Å². The van der Waals surface area contributed by atoms with Crippen molar-refractivity contribution in [3.05, 3.63) is 53.1 Å². The average molecular weight is 508 g/mol. The number of nitrogens with zero attached hydrogens (tertiary/aromatic N) is 4. The standard InChI is InChI=1S/C22H23ClFN5O2S2/c1-14(32)26-12-16-13-29(22(30)31-16)15-4-5-19(18(24)11-15)27-7-9-28(10-8-27)21(33)17-3-2-6-25-20(17)23/h2-6,11,16H,7-10,12-13H2,1H3,(H,26,32). The molecule has 174 valence electrons. The summed E-state index contributed by atoms with van der Waals surface area (Å²) >= 11 is 16.8. The van der Waals surface area contributed by atoms with Crippen LogP contribution in [0.1, 0.15) is 12.5 Å². The van der Waals surface area contributed by atoms with Gasteiger partial charge >= 0.3 is 6.09 Å². The molecular formula is C22H23ClFN5O2S2. The first-order chi connectivity index (χ1) is 15.8. The highest BCUT2D eigenvalue weighted by Crippen LogP contribution is 2.29. The zero-order chi connectivity index (χ0) is 23.5. The number of aromatic nitrogens is 1. The predicted molar refractivity (Wildman–Crippen MR) is 135 cm³/mol. The molecule has 1 aromatic carbocycles. The summed E-state index contributed by atoms with van der Waals surface area (Å²) in [6, 6.07) is 8.48. The highest BCUT2D eigenvalue weighted by Gasteiger charge is 2.33. The largest absolute Gasteiger partial charge is 0.442 e. The molecule has 1 amide bonds. The number of halogens is 2. The zero-order valence-corrected chi connectivity index (χ0v) is 20.4. The summed E-state index contributed by atoms with van der Waals surface area (Å²) in [6.45, 7) is 5.00. The van der Waals surface area contributed by atoms with E-state index < -0.39 is 6.09 Å². The summed E-state index contributed by atoms with van der Waals surface area (Å²) < 4.78 is 20.4. The number of ether oxygens (including phenoxy) is 1. The van der Waals surface area contributed by atoms with E-state index in [1.807, 2.05) is 11.0 Å². The van der Waals surface area contributed by atoms with E-state index in [1.165, 1.54) is 11.0 Å². The minimum absolute atomic E-state index is 0.334. The Hall–Kier alpha value is -2.56. The number of benzene rings is 1. The van der Waals surface area contributed by atoms with Crippen LogP contribution in [0.25, 0.3) is 0 Å². The van der Waals surface area contributed by atoms with Crippen LogP contribution in [0.4, 0.5) is 20.6 Å². The Morgan fingerprint density at radius 3 is 2.70 bits per heavy atom.